The minimum atomic E-state index is 0.347. The number of ether oxygens (including phenoxy) is 1. The summed E-state index contributed by atoms with van der Waals surface area (Å²) < 4.78 is 5.20. The van der Waals surface area contributed by atoms with Crippen molar-refractivity contribution in [3.63, 3.8) is 0 Å². The minimum Gasteiger partial charge on any atom is -0.384 e. The predicted molar refractivity (Wildman–Crippen MR) is 80.3 cm³/mol. The Kier molecular flexibility index (Phi) is 6.30. The van der Waals surface area contributed by atoms with E-state index in [1.807, 2.05) is 0 Å². The number of likely N-dealkylation sites (tertiary alicyclic amines) is 1. The van der Waals surface area contributed by atoms with Crippen LogP contribution >= 0.6 is 0 Å². The summed E-state index contributed by atoms with van der Waals surface area (Å²) in [6.07, 6.45) is 8.71. The normalized spacial score (nSPS) is 28.6. The Bertz CT molecular complexity index is 301. The molecule has 4 nitrogen and oxygen atoms in total. The Morgan fingerprint density at radius 3 is 2.60 bits per heavy atom. The molecule has 2 unspecified atom stereocenters. The van der Waals surface area contributed by atoms with Crippen LogP contribution in [0.3, 0.4) is 0 Å². The summed E-state index contributed by atoms with van der Waals surface area (Å²) >= 11 is 0. The van der Waals surface area contributed by atoms with Crippen molar-refractivity contribution in [3.05, 3.63) is 0 Å². The molecule has 1 saturated heterocycles. The van der Waals surface area contributed by atoms with Crippen LogP contribution in [-0.2, 0) is 9.53 Å². The second-order valence-electron chi connectivity index (χ2n) is 6.61. The van der Waals surface area contributed by atoms with Crippen LogP contribution in [0.4, 0.5) is 0 Å². The van der Waals surface area contributed by atoms with Crippen LogP contribution in [0.1, 0.15) is 51.4 Å². The van der Waals surface area contributed by atoms with E-state index in [0.717, 1.165) is 51.8 Å². The molecular formula is C16H30N2O2. The lowest BCUT2D eigenvalue weighted by Gasteiger charge is -2.32. The highest BCUT2D eigenvalue weighted by Crippen LogP contribution is 2.27. The lowest BCUT2D eigenvalue weighted by Crippen LogP contribution is -2.39. The molecule has 0 spiro atoms. The zero-order valence-electron chi connectivity index (χ0n) is 12.9. The molecule has 20 heavy (non-hydrogen) atoms. The van der Waals surface area contributed by atoms with Gasteiger partial charge in [-0.1, -0.05) is 12.8 Å². The second-order valence-corrected chi connectivity index (χ2v) is 6.61. The number of rotatable bonds is 5. The zero-order valence-corrected chi connectivity index (χ0v) is 12.9. The van der Waals surface area contributed by atoms with Gasteiger partial charge in [0, 0.05) is 39.3 Å². The molecular weight excluding hydrogens is 252 g/mol. The molecule has 2 atom stereocenters. The Labute approximate surface area is 123 Å². The standard InChI is InChI=1S/C16H30N2O2/c1-20-12-14-7-9-18(10-8-14)16(19)6-5-13-3-2-4-15(17)11-13/h13-15H,2-12,17H2,1H3. The third-order valence-electron chi connectivity index (χ3n) is 4.96. The van der Waals surface area contributed by atoms with Crippen LogP contribution in [0.2, 0.25) is 0 Å². The fourth-order valence-corrected chi connectivity index (χ4v) is 3.67. The first-order valence-corrected chi connectivity index (χ1v) is 8.21. The first-order chi connectivity index (χ1) is 9.69. The summed E-state index contributed by atoms with van der Waals surface area (Å²) in [5.74, 6) is 1.66. The maximum absolute atomic E-state index is 12.3. The molecule has 1 aliphatic heterocycles. The van der Waals surface area contributed by atoms with E-state index < -0.39 is 0 Å². The number of nitrogens with zero attached hydrogens (tertiary/aromatic N) is 1. The maximum Gasteiger partial charge on any atom is 0.222 e. The van der Waals surface area contributed by atoms with Gasteiger partial charge in [0.15, 0.2) is 0 Å². The SMILES string of the molecule is COCC1CCN(C(=O)CCC2CCCC(N)C2)CC1. The third kappa shape index (κ3) is 4.74. The molecule has 116 valence electrons. The van der Waals surface area contributed by atoms with Crippen LogP contribution < -0.4 is 5.73 Å². The summed E-state index contributed by atoms with van der Waals surface area (Å²) in [5.41, 5.74) is 6.01. The fourth-order valence-electron chi connectivity index (χ4n) is 3.67. The summed E-state index contributed by atoms with van der Waals surface area (Å²) in [7, 11) is 1.76. The summed E-state index contributed by atoms with van der Waals surface area (Å²) in [6, 6.07) is 0.369. The zero-order chi connectivity index (χ0) is 14.4. The lowest BCUT2D eigenvalue weighted by atomic mass is 9.83. The van der Waals surface area contributed by atoms with Gasteiger partial charge in [-0.15, -0.1) is 0 Å². The predicted octanol–water partition coefficient (Wildman–Crippen LogP) is 2.17. The number of methoxy groups -OCH3 is 1. The Morgan fingerprint density at radius 2 is 1.95 bits per heavy atom. The largest absolute Gasteiger partial charge is 0.384 e. The van der Waals surface area contributed by atoms with Crippen LogP contribution in [0.5, 0.6) is 0 Å². The molecule has 2 aliphatic rings. The van der Waals surface area contributed by atoms with Gasteiger partial charge in [0.1, 0.15) is 0 Å². The second kappa shape index (κ2) is 7.99. The van der Waals surface area contributed by atoms with Crippen LogP contribution in [0.15, 0.2) is 0 Å². The van der Waals surface area contributed by atoms with Crippen molar-refractivity contribution < 1.29 is 9.53 Å². The molecule has 2 N–H and O–H groups in total. The highest BCUT2D eigenvalue weighted by molar-refractivity contribution is 5.76. The van der Waals surface area contributed by atoms with Gasteiger partial charge in [-0.3, -0.25) is 4.79 Å². The van der Waals surface area contributed by atoms with Crippen molar-refractivity contribution in [2.75, 3.05) is 26.8 Å². The number of amides is 1. The van der Waals surface area contributed by atoms with Crippen molar-refractivity contribution in [3.8, 4) is 0 Å². The topological polar surface area (TPSA) is 55.6 Å². The van der Waals surface area contributed by atoms with E-state index in [1.54, 1.807) is 7.11 Å². The summed E-state index contributed by atoms with van der Waals surface area (Å²) in [4.78, 5) is 14.3. The van der Waals surface area contributed by atoms with E-state index in [1.165, 1.54) is 12.8 Å². The molecule has 2 rings (SSSR count). The molecule has 0 radical (unpaired) electrons. The number of carbonyl (C=O) groups excluding carboxylic acids is 1. The molecule has 0 bridgehead atoms. The van der Waals surface area contributed by atoms with Crippen LogP contribution in [0, 0.1) is 11.8 Å². The van der Waals surface area contributed by atoms with E-state index >= 15 is 0 Å². The molecule has 1 amide bonds. The van der Waals surface area contributed by atoms with Gasteiger partial charge in [0.25, 0.3) is 0 Å². The van der Waals surface area contributed by atoms with Gasteiger partial charge >= 0.3 is 0 Å². The van der Waals surface area contributed by atoms with E-state index in [-0.39, 0.29) is 0 Å². The Hall–Kier alpha value is -0.610. The monoisotopic (exact) mass is 282 g/mol. The van der Waals surface area contributed by atoms with Gasteiger partial charge < -0.3 is 15.4 Å². The van der Waals surface area contributed by atoms with Crippen molar-refractivity contribution in [2.45, 2.75) is 57.4 Å². The number of hydrogen-bond acceptors (Lipinski definition) is 3. The Morgan fingerprint density at radius 1 is 1.20 bits per heavy atom. The van der Waals surface area contributed by atoms with Crippen molar-refractivity contribution in [2.24, 2.45) is 17.6 Å². The first kappa shape index (κ1) is 15.8. The summed E-state index contributed by atoms with van der Waals surface area (Å²) in [6.45, 7) is 2.66. The number of carbonyl (C=O) groups is 1. The van der Waals surface area contributed by atoms with Gasteiger partial charge in [-0.25, -0.2) is 0 Å². The highest BCUT2D eigenvalue weighted by atomic mass is 16.5. The minimum absolute atomic E-state index is 0.347. The van der Waals surface area contributed by atoms with Crippen LogP contribution in [0.25, 0.3) is 0 Å². The molecule has 0 aromatic rings. The summed E-state index contributed by atoms with van der Waals surface area (Å²) in [5, 5.41) is 0. The van der Waals surface area contributed by atoms with Gasteiger partial charge in [0.2, 0.25) is 5.91 Å². The molecule has 1 heterocycles. The Balaban J connectivity index is 1.65. The van der Waals surface area contributed by atoms with Crippen molar-refractivity contribution in [1.29, 1.82) is 0 Å². The number of nitrogens with two attached hydrogens (primary N) is 1. The molecule has 0 aromatic heterocycles. The maximum atomic E-state index is 12.3. The average Bonchev–Trinajstić information content (AvgIpc) is 2.46. The third-order valence-corrected chi connectivity index (χ3v) is 4.96. The molecule has 4 heteroatoms. The van der Waals surface area contributed by atoms with Crippen LogP contribution in [-0.4, -0.2) is 43.7 Å². The van der Waals surface area contributed by atoms with Gasteiger partial charge in [-0.2, -0.15) is 0 Å². The van der Waals surface area contributed by atoms with E-state index in [2.05, 4.69) is 4.90 Å². The molecule has 0 aromatic carbocycles. The highest BCUT2D eigenvalue weighted by Gasteiger charge is 2.24. The quantitative estimate of drug-likeness (QED) is 0.841. The molecule has 1 aliphatic carbocycles. The van der Waals surface area contributed by atoms with Crippen molar-refractivity contribution >= 4 is 5.91 Å². The van der Waals surface area contributed by atoms with Crippen molar-refractivity contribution in [1.82, 2.24) is 4.90 Å². The first-order valence-electron chi connectivity index (χ1n) is 8.21. The fraction of sp³-hybridized carbons (Fsp3) is 0.938. The number of hydrogen-bond donors (Lipinski definition) is 1. The van der Waals surface area contributed by atoms with Gasteiger partial charge in [0.05, 0.1) is 0 Å². The number of piperidine rings is 1. The van der Waals surface area contributed by atoms with E-state index in [4.69, 9.17) is 10.5 Å². The van der Waals surface area contributed by atoms with Gasteiger partial charge in [-0.05, 0) is 43.9 Å². The lowest BCUT2D eigenvalue weighted by molar-refractivity contribution is -0.133. The smallest absolute Gasteiger partial charge is 0.222 e. The van der Waals surface area contributed by atoms with E-state index in [9.17, 15) is 4.79 Å². The van der Waals surface area contributed by atoms with E-state index in [0.29, 0.717) is 30.2 Å². The molecule has 2 fully saturated rings. The molecule has 1 saturated carbocycles. The average molecular weight is 282 g/mol.